The highest BCUT2D eigenvalue weighted by Gasteiger charge is 2.32. The molecule has 0 atom stereocenters. The molecule has 0 aliphatic carbocycles. The van der Waals surface area contributed by atoms with E-state index in [1.54, 1.807) is 0 Å². The standard InChI is InChI=1S/C18H32N2/c1-5-9-17(15-19,10-6-2)13-14-18(16-20,11-7-3)12-8-4/h5-8H,1-4,9-16,19-20H2. The van der Waals surface area contributed by atoms with Crippen LogP contribution in [0.25, 0.3) is 0 Å². The lowest BCUT2D eigenvalue weighted by Crippen LogP contribution is -2.35. The first-order valence-electron chi connectivity index (χ1n) is 7.41. The normalized spacial score (nSPS) is 11.9. The van der Waals surface area contributed by atoms with Crippen LogP contribution in [0.1, 0.15) is 38.5 Å². The van der Waals surface area contributed by atoms with Gasteiger partial charge in [-0.1, -0.05) is 24.3 Å². The van der Waals surface area contributed by atoms with Gasteiger partial charge in [0.1, 0.15) is 0 Å². The van der Waals surface area contributed by atoms with Gasteiger partial charge in [-0.3, -0.25) is 0 Å². The predicted octanol–water partition coefficient (Wildman–Crippen LogP) is 3.96. The minimum absolute atomic E-state index is 0.0618. The number of nitrogens with two attached hydrogens (primary N) is 2. The molecule has 0 saturated heterocycles. The maximum absolute atomic E-state index is 6.03. The first-order valence-corrected chi connectivity index (χ1v) is 7.41. The second-order valence-electron chi connectivity index (χ2n) is 5.88. The summed E-state index contributed by atoms with van der Waals surface area (Å²) in [6.45, 7) is 16.8. The quantitative estimate of drug-likeness (QED) is 0.500. The van der Waals surface area contributed by atoms with Crippen molar-refractivity contribution in [2.75, 3.05) is 13.1 Å². The second-order valence-corrected chi connectivity index (χ2v) is 5.88. The van der Waals surface area contributed by atoms with Crippen molar-refractivity contribution in [1.29, 1.82) is 0 Å². The third-order valence-electron chi connectivity index (χ3n) is 4.36. The van der Waals surface area contributed by atoms with Crippen molar-refractivity contribution >= 4 is 0 Å². The molecule has 0 fully saturated rings. The first kappa shape index (κ1) is 18.9. The highest BCUT2D eigenvalue weighted by Crippen LogP contribution is 2.40. The fraction of sp³-hybridized carbons (Fsp3) is 0.556. The molecule has 4 N–H and O–H groups in total. The molecule has 0 radical (unpaired) electrons. The molecule has 0 spiro atoms. The molecule has 0 aromatic heterocycles. The summed E-state index contributed by atoms with van der Waals surface area (Å²) in [4.78, 5) is 0. The Morgan fingerprint density at radius 2 is 0.850 bits per heavy atom. The maximum atomic E-state index is 6.03. The zero-order chi connectivity index (χ0) is 15.5. The Hall–Kier alpha value is -1.12. The fourth-order valence-corrected chi connectivity index (χ4v) is 2.87. The van der Waals surface area contributed by atoms with Crippen LogP contribution in [0.4, 0.5) is 0 Å². The molecule has 0 aliphatic rings. The van der Waals surface area contributed by atoms with Crippen LogP contribution in [0.2, 0.25) is 0 Å². The zero-order valence-electron chi connectivity index (χ0n) is 12.9. The Bertz CT molecular complexity index is 265. The van der Waals surface area contributed by atoms with E-state index in [0.29, 0.717) is 13.1 Å². The smallest absolute Gasteiger partial charge is 0.00146 e. The molecule has 114 valence electrons. The molecule has 0 rings (SSSR count). The van der Waals surface area contributed by atoms with Crippen LogP contribution in [-0.2, 0) is 0 Å². The van der Waals surface area contributed by atoms with Crippen molar-refractivity contribution in [3.8, 4) is 0 Å². The summed E-state index contributed by atoms with van der Waals surface area (Å²) in [6.07, 6.45) is 13.6. The van der Waals surface area contributed by atoms with Crippen LogP contribution < -0.4 is 11.5 Å². The van der Waals surface area contributed by atoms with E-state index in [0.717, 1.165) is 38.5 Å². The molecule has 0 heterocycles. The number of hydrogen-bond acceptors (Lipinski definition) is 2. The average molecular weight is 276 g/mol. The van der Waals surface area contributed by atoms with Gasteiger partial charge >= 0.3 is 0 Å². The Morgan fingerprint density at radius 3 is 1.00 bits per heavy atom. The molecule has 20 heavy (non-hydrogen) atoms. The van der Waals surface area contributed by atoms with E-state index in [1.807, 2.05) is 24.3 Å². The van der Waals surface area contributed by atoms with Crippen molar-refractivity contribution in [3.05, 3.63) is 50.6 Å². The third-order valence-corrected chi connectivity index (χ3v) is 4.36. The Labute approximate surface area is 125 Å². The van der Waals surface area contributed by atoms with E-state index in [4.69, 9.17) is 11.5 Å². The Morgan fingerprint density at radius 1 is 0.600 bits per heavy atom. The molecular formula is C18H32N2. The SMILES string of the molecule is C=CCC(CN)(CC=C)CCC(CN)(CC=C)CC=C. The van der Waals surface area contributed by atoms with E-state index in [1.165, 1.54) is 0 Å². The Kier molecular flexibility index (Phi) is 9.19. The lowest BCUT2D eigenvalue weighted by atomic mass is 9.69. The second kappa shape index (κ2) is 9.73. The lowest BCUT2D eigenvalue weighted by molar-refractivity contribution is 0.191. The van der Waals surface area contributed by atoms with Gasteiger partial charge in [-0.05, 0) is 62.4 Å². The molecule has 2 heteroatoms. The van der Waals surface area contributed by atoms with Gasteiger partial charge in [0, 0.05) is 0 Å². The van der Waals surface area contributed by atoms with Gasteiger partial charge in [-0.15, -0.1) is 26.3 Å². The van der Waals surface area contributed by atoms with Gasteiger partial charge in [-0.25, -0.2) is 0 Å². The number of rotatable bonds is 13. The summed E-state index contributed by atoms with van der Waals surface area (Å²) in [6, 6.07) is 0. The van der Waals surface area contributed by atoms with E-state index >= 15 is 0 Å². The minimum Gasteiger partial charge on any atom is -0.330 e. The minimum atomic E-state index is 0.0618. The molecule has 0 saturated carbocycles. The predicted molar refractivity (Wildman–Crippen MR) is 91.5 cm³/mol. The summed E-state index contributed by atoms with van der Waals surface area (Å²) >= 11 is 0. The van der Waals surface area contributed by atoms with Crippen molar-refractivity contribution in [1.82, 2.24) is 0 Å². The topological polar surface area (TPSA) is 52.0 Å². The molecule has 0 aromatic rings. The largest absolute Gasteiger partial charge is 0.330 e. The van der Waals surface area contributed by atoms with E-state index < -0.39 is 0 Å². The summed E-state index contributed by atoms with van der Waals surface area (Å²) < 4.78 is 0. The molecule has 0 unspecified atom stereocenters. The molecule has 2 nitrogen and oxygen atoms in total. The lowest BCUT2D eigenvalue weighted by Gasteiger charge is -2.37. The van der Waals surface area contributed by atoms with E-state index in [9.17, 15) is 0 Å². The van der Waals surface area contributed by atoms with Crippen LogP contribution in [0.15, 0.2) is 50.6 Å². The van der Waals surface area contributed by atoms with E-state index in [2.05, 4.69) is 26.3 Å². The van der Waals surface area contributed by atoms with Crippen molar-refractivity contribution < 1.29 is 0 Å². The van der Waals surface area contributed by atoms with Crippen LogP contribution in [0.3, 0.4) is 0 Å². The van der Waals surface area contributed by atoms with Crippen LogP contribution >= 0.6 is 0 Å². The monoisotopic (exact) mass is 276 g/mol. The summed E-state index contributed by atoms with van der Waals surface area (Å²) in [5.41, 5.74) is 12.2. The summed E-state index contributed by atoms with van der Waals surface area (Å²) in [7, 11) is 0. The van der Waals surface area contributed by atoms with Crippen LogP contribution in [0, 0.1) is 10.8 Å². The van der Waals surface area contributed by atoms with Gasteiger partial charge in [0.2, 0.25) is 0 Å². The highest BCUT2D eigenvalue weighted by atomic mass is 14.6. The molecule has 0 aliphatic heterocycles. The number of allylic oxidation sites excluding steroid dienone is 4. The zero-order valence-corrected chi connectivity index (χ0v) is 12.9. The van der Waals surface area contributed by atoms with Crippen molar-refractivity contribution in [2.24, 2.45) is 22.3 Å². The van der Waals surface area contributed by atoms with Gasteiger partial charge < -0.3 is 11.5 Å². The number of hydrogen-bond donors (Lipinski definition) is 2. The highest BCUT2D eigenvalue weighted by molar-refractivity contribution is 4.97. The Balaban J connectivity index is 5.00. The molecule has 0 amide bonds. The third kappa shape index (κ3) is 5.48. The van der Waals surface area contributed by atoms with Gasteiger partial charge in [0.25, 0.3) is 0 Å². The molecule has 0 aromatic carbocycles. The van der Waals surface area contributed by atoms with Crippen LogP contribution in [0.5, 0.6) is 0 Å². The summed E-state index contributed by atoms with van der Waals surface area (Å²) in [5, 5.41) is 0. The van der Waals surface area contributed by atoms with Gasteiger partial charge in [0.05, 0.1) is 0 Å². The van der Waals surface area contributed by atoms with Crippen LogP contribution in [-0.4, -0.2) is 13.1 Å². The first-order chi connectivity index (χ1) is 9.57. The summed E-state index contributed by atoms with van der Waals surface area (Å²) in [5.74, 6) is 0. The van der Waals surface area contributed by atoms with E-state index in [-0.39, 0.29) is 10.8 Å². The molecule has 0 bridgehead atoms. The van der Waals surface area contributed by atoms with Gasteiger partial charge in [-0.2, -0.15) is 0 Å². The molecular weight excluding hydrogens is 244 g/mol. The van der Waals surface area contributed by atoms with Crippen molar-refractivity contribution in [2.45, 2.75) is 38.5 Å². The van der Waals surface area contributed by atoms with Gasteiger partial charge in [0.15, 0.2) is 0 Å². The average Bonchev–Trinajstić information content (AvgIpc) is 2.45. The van der Waals surface area contributed by atoms with Crippen molar-refractivity contribution in [3.63, 3.8) is 0 Å². The maximum Gasteiger partial charge on any atom is -0.00146 e. The fourth-order valence-electron chi connectivity index (χ4n) is 2.87.